The Morgan fingerprint density at radius 3 is 2.74 bits per heavy atom. The Labute approximate surface area is 117 Å². The largest absolute Gasteiger partial charge is 0.363 e. The highest BCUT2D eigenvalue weighted by molar-refractivity contribution is 7.80. The minimum atomic E-state index is -0.389. The normalized spacial score (nSPS) is 15.7. The third-order valence-electron chi connectivity index (χ3n) is 3.17. The number of piperidine rings is 1. The number of nitrogens with zero attached hydrogens (tertiary/aromatic N) is 2. The number of hydrogen-bond donors (Lipinski definition) is 0. The number of benzene rings is 1. The van der Waals surface area contributed by atoms with Gasteiger partial charge in [-0.05, 0) is 30.9 Å². The summed E-state index contributed by atoms with van der Waals surface area (Å²) >= 11 is 5.36. The second-order valence-corrected chi connectivity index (χ2v) is 4.99. The summed E-state index contributed by atoms with van der Waals surface area (Å²) in [4.78, 5) is 13.3. The molecule has 0 saturated carbocycles. The van der Waals surface area contributed by atoms with Crippen LogP contribution in [-0.2, 0) is 0 Å². The van der Waals surface area contributed by atoms with Crippen molar-refractivity contribution < 1.29 is 4.92 Å². The summed E-state index contributed by atoms with van der Waals surface area (Å²) in [7, 11) is 0. The van der Waals surface area contributed by atoms with Crippen LogP contribution in [0.4, 0.5) is 5.69 Å². The minimum Gasteiger partial charge on any atom is -0.363 e. The summed E-state index contributed by atoms with van der Waals surface area (Å²) < 4.78 is 0. The fraction of sp³-hybridized carbons (Fsp3) is 0.357. The summed E-state index contributed by atoms with van der Waals surface area (Å²) in [5.41, 5.74) is 0.902. The predicted octanol–water partition coefficient (Wildman–Crippen LogP) is 3.42. The molecule has 1 aliphatic rings. The standard InChI is InChI=1S/C14H16N2O2S/c17-16(18)13-6-4-5-12(11-13)7-8-14(19)15-9-2-1-3-10-15/h4-8,11H,1-3,9-10H2. The zero-order valence-electron chi connectivity index (χ0n) is 10.6. The average Bonchev–Trinajstić information content (AvgIpc) is 2.46. The van der Waals surface area contributed by atoms with Crippen molar-refractivity contribution in [2.45, 2.75) is 19.3 Å². The summed E-state index contributed by atoms with van der Waals surface area (Å²) in [6.45, 7) is 2.02. The van der Waals surface area contributed by atoms with E-state index in [-0.39, 0.29) is 10.6 Å². The first-order valence-corrected chi connectivity index (χ1v) is 6.79. The van der Waals surface area contributed by atoms with Crippen molar-refractivity contribution in [2.75, 3.05) is 13.1 Å². The van der Waals surface area contributed by atoms with Crippen LogP contribution in [-0.4, -0.2) is 27.9 Å². The van der Waals surface area contributed by atoms with Crippen LogP contribution in [0.2, 0.25) is 0 Å². The van der Waals surface area contributed by atoms with E-state index in [2.05, 4.69) is 4.90 Å². The van der Waals surface area contributed by atoms with Gasteiger partial charge in [0.1, 0.15) is 4.99 Å². The van der Waals surface area contributed by atoms with Crippen molar-refractivity contribution in [1.29, 1.82) is 0 Å². The molecule has 1 heterocycles. The third kappa shape index (κ3) is 3.86. The molecular formula is C14H16N2O2S. The number of thiocarbonyl (C=S) groups is 1. The molecule has 19 heavy (non-hydrogen) atoms. The highest BCUT2D eigenvalue weighted by atomic mass is 32.1. The Morgan fingerprint density at radius 2 is 2.05 bits per heavy atom. The van der Waals surface area contributed by atoms with Crippen LogP contribution >= 0.6 is 12.2 Å². The van der Waals surface area contributed by atoms with Gasteiger partial charge in [0.25, 0.3) is 5.69 Å². The van der Waals surface area contributed by atoms with Gasteiger partial charge >= 0.3 is 0 Å². The molecule has 1 aliphatic heterocycles. The van der Waals surface area contributed by atoms with E-state index in [4.69, 9.17) is 12.2 Å². The molecule has 4 nitrogen and oxygen atoms in total. The van der Waals surface area contributed by atoms with Crippen LogP contribution < -0.4 is 0 Å². The van der Waals surface area contributed by atoms with Gasteiger partial charge in [-0.25, -0.2) is 0 Å². The first kappa shape index (κ1) is 13.7. The van der Waals surface area contributed by atoms with Gasteiger partial charge in [0, 0.05) is 25.2 Å². The average molecular weight is 276 g/mol. The monoisotopic (exact) mass is 276 g/mol. The highest BCUT2D eigenvalue weighted by Crippen LogP contribution is 2.15. The Kier molecular flexibility index (Phi) is 4.63. The van der Waals surface area contributed by atoms with Crippen molar-refractivity contribution in [3.8, 4) is 0 Å². The number of non-ortho nitro benzene ring substituents is 1. The van der Waals surface area contributed by atoms with E-state index in [0.717, 1.165) is 23.6 Å². The molecule has 1 fully saturated rings. The molecule has 0 N–H and O–H groups in total. The molecule has 5 heteroatoms. The first-order chi connectivity index (χ1) is 9.16. The van der Waals surface area contributed by atoms with Crippen molar-refractivity contribution in [1.82, 2.24) is 4.90 Å². The number of hydrogen-bond acceptors (Lipinski definition) is 3. The highest BCUT2D eigenvalue weighted by Gasteiger charge is 2.11. The quantitative estimate of drug-likeness (QED) is 0.367. The molecule has 0 amide bonds. The maximum Gasteiger partial charge on any atom is 0.270 e. The molecule has 0 unspecified atom stereocenters. The minimum absolute atomic E-state index is 0.103. The maximum atomic E-state index is 10.7. The number of nitro benzene ring substituents is 1. The summed E-state index contributed by atoms with van der Waals surface area (Å²) in [6, 6.07) is 6.56. The van der Waals surface area contributed by atoms with Crippen molar-refractivity contribution in [2.24, 2.45) is 0 Å². The van der Waals surface area contributed by atoms with Crippen LogP contribution in [0.1, 0.15) is 24.8 Å². The van der Waals surface area contributed by atoms with Gasteiger partial charge < -0.3 is 4.90 Å². The summed E-state index contributed by atoms with van der Waals surface area (Å²) in [5, 5.41) is 10.7. The molecule has 1 aromatic rings. The lowest BCUT2D eigenvalue weighted by Gasteiger charge is -2.27. The topological polar surface area (TPSA) is 46.4 Å². The van der Waals surface area contributed by atoms with Crippen molar-refractivity contribution in [3.63, 3.8) is 0 Å². The van der Waals surface area contributed by atoms with Crippen LogP contribution in [0, 0.1) is 10.1 Å². The van der Waals surface area contributed by atoms with Crippen LogP contribution in [0.5, 0.6) is 0 Å². The Morgan fingerprint density at radius 1 is 1.32 bits per heavy atom. The van der Waals surface area contributed by atoms with Crippen molar-refractivity contribution >= 4 is 29.0 Å². The van der Waals surface area contributed by atoms with Crippen LogP contribution in [0.25, 0.3) is 6.08 Å². The summed E-state index contributed by atoms with van der Waals surface area (Å²) in [6.07, 6.45) is 7.34. The third-order valence-corrected chi connectivity index (χ3v) is 3.56. The molecule has 0 spiro atoms. The molecule has 0 aromatic heterocycles. The van der Waals surface area contributed by atoms with Crippen LogP contribution in [0.15, 0.2) is 30.3 Å². The molecule has 2 rings (SSSR count). The lowest BCUT2D eigenvalue weighted by molar-refractivity contribution is -0.384. The van der Waals surface area contributed by atoms with Gasteiger partial charge in [-0.2, -0.15) is 0 Å². The number of rotatable bonds is 3. The van der Waals surface area contributed by atoms with Crippen LogP contribution in [0.3, 0.4) is 0 Å². The van der Waals surface area contributed by atoms with Gasteiger partial charge in [0.15, 0.2) is 0 Å². The van der Waals surface area contributed by atoms with Gasteiger partial charge in [-0.3, -0.25) is 10.1 Å². The SMILES string of the molecule is O=[N+]([O-])c1cccc(C=CC(=S)N2CCCCC2)c1. The Bertz CT molecular complexity index is 508. The molecular weight excluding hydrogens is 260 g/mol. The lowest BCUT2D eigenvalue weighted by Crippen LogP contribution is -2.33. The fourth-order valence-corrected chi connectivity index (χ4v) is 2.38. The molecule has 1 saturated heterocycles. The zero-order valence-corrected chi connectivity index (χ0v) is 11.4. The summed E-state index contributed by atoms with van der Waals surface area (Å²) in [5.74, 6) is 0. The van der Waals surface area contributed by atoms with Crippen molar-refractivity contribution in [3.05, 3.63) is 46.0 Å². The molecule has 100 valence electrons. The molecule has 0 atom stereocenters. The Balaban J connectivity index is 2.03. The van der Waals surface area contributed by atoms with E-state index in [9.17, 15) is 10.1 Å². The molecule has 0 aliphatic carbocycles. The second-order valence-electron chi connectivity index (χ2n) is 4.57. The Hall–Kier alpha value is -1.75. The fourth-order valence-electron chi connectivity index (χ4n) is 2.13. The second kappa shape index (κ2) is 6.43. The van der Waals surface area contributed by atoms with Gasteiger partial charge in [0.05, 0.1) is 4.92 Å². The van der Waals surface area contributed by atoms with Gasteiger partial charge in [-0.15, -0.1) is 0 Å². The lowest BCUT2D eigenvalue weighted by atomic mass is 10.1. The zero-order chi connectivity index (χ0) is 13.7. The molecule has 0 radical (unpaired) electrons. The van der Waals surface area contributed by atoms with E-state index >= 15 is 0 Å². The number of nitro groups is 1. The predicted molar refractivity (Wildman–Crippen MR) is 80.2 cm³/mol. The first-order valence-electron chi connectivity index (χ1n) is 6.38. The molecule has 0 bridgehead atoms. The van der Waals surface area contributed by atoms with E-state index in [1.54, 1.807) is 12.1 Å². The van der Waals surface area contributed by atoms with E-state index in [1.165, 1.54) is 25.3 Å². The van der Waals surface area contributed by atoms with Gasteiger partial charge in [-0.1, -0.05) is 30.4 Å². The van der Waals surface area contributed by atoms with E-state index in [1.807, 2.05) is 18.2 Å². The number of likely N-dealkylation sites (tertiary alicyclic amines) is 1. The van der Waals surface area contributed by atoms with E-state index in [0.29, 0.717) is 0 Å². The van der Waals surface area contributed by atoms with E-state index < -0.39 is 0 Å². The van der Waals surface area contributed by atoms with Gasteiger partial charge in [0.2, 0.25) is 0 Å². The smallest absolute Gasteiger partial charge is 0.270 e. The molecule has 1 aromatic carbocycles. The maximum absolute atomic E-state index is 10.7.